The van der Waals surface area contributed by atoms with Gasteiger partial charge in [0.05, 0.1) is 32.9 Å². The molecule has 0 saturated heterocycles. The molecule has 0 aliphatic rings. The Labute approximate surface area is 144 Å². The molecule has 0 unspecified atom stereocenters. The molecular formula is C17H17N5O3. The van der Waals surface area contributed by atoms with E-state index in [2.05, 4.69) is 5.10 Å². The fourth-order valence-corrected chi connectivity index (χ4v) is 2.30. The van der Waals surface area contributed by atoms with Gasteiger partial charge in [0.25, 0.3) is 0 Å². The number of nitrogens with zero attached hydrogens (tertiary/aromatic N) is 4. The lowest BCUT2D eigenvalue weighted by Gasteiger charge is -2.07. The molecule has 1 heterocycles. The van der Waals surface area contributed by atoms with E-state index in [9.17, 15) is 10.5 Å². The van der Waals surface area contributed by atoms with Gasteiger partial charge in [0.2, 0.25) is 0 Å². The molecule has 2 aromatic rings. The van der Waals surface area contributed by atoms with Crippen LogP contribution in [-0.2, 0) is 6.54 Å². The van der Waals surface area contributed by atoms with Crippen LogP contribution in [0.25, 0.3) is 11.6 Å². The first-order valence-electron chi connectivity index (χ1n) is 7.31. The number of ether oxygens (including phenoxy) is 2. The lowest BCUT2D eigenvalue weighted by Crippen LogP contribution is -2.07. The average molecular weight is 339 g/mol. The van der Waals surface area contributed by atoms with Gasteiger partial charge >= 0.3 is 0 Å². The minimum atomic E-state index is -0.189. The Bertz CT molecular complexity index is 887. The van der Waals surface area contributed by atoms with Crippen molar-refractivity contribution >= 4 is 17.5 Å². The fraction of sp³-hybridized carbons (Fsp3) is 0.235. The number of nitriles is 2. The Morgan fingerprint density at radius 1 is 1.36 bits per heavy atom. The largest absolute Gasteiger partial charge is 0.497 e. The molecule has 0 bridgehead atoms. The van der Waals surface area contributed by atoms with E-state index in [1.165, 1.54) is 18.9 Å². The van der Waals surface area contributed by atoms with Gasteiger partial charge < -0.3 is 20.3 Å². The number of hydrogen-bond donors (Lipinski definition) is 2. The van der Waals surface area contributed by atoms with Gasteiger partial charge in [0.1, 0.15) is 40.7 Å². The van der Waals surface area contributed by atoms with E-state index in [0.29, 0.717) is 17.1 Å². The number of anilines is 1. The number of methoxy groups -OCH3 is 2. The molecule has 3 N–H and O–H groups in total. The number of hydrogen-bond acceptors (Lipinski definition) is 7. The van der Waals surface area contributed by atoms with Crippen LogP contribution in [0.1, 0.15) is 16.8 Å². The zero-order valence-corrected chi connectivity index (χ0v) is 13.9. The minimum Gasteiger partial charge on any atom is -0.497 e. The van der Waals surface area contributed by atoms with E-state index in [1.54, 1.807) is 24.3 Å². The summed E-state index contributed by atoms with van der Waals surface area (Å²) in [6, 6.07) is 9.14. The van der Waals surface area contributed by atoms with Crippen LogP contribution in [-0.4, -0.2) is 35.7 Å². The number of nitrogen functional groups attached to an aromatic ring is 1. The van der Waals surface area contributed by atoms with Crippen molar-refractivity contribution in [3.63, 3.8) is 0 Å². The molecule has 1 aromatic carbocycles. The van der Waals surface area contributed by atoms with Crippen molar-refractivity contribution in [2.24, 2.45) is 0 Å². The summed E-state index contributed by atoms with van der Waals surface area (Å²) in [5, 5.41) is 32.1. The van der Waals surface area contributed by atoms with Crippen LogP contribution < -0.4 is 15.2 Å². The Balaban J connectivity index is 2.62. The first-order valence-corrected chi connectivity index (χ1v) is 7.31. The van der Waals surface area contributed by atoms with Gasteiger partial charge in [-0.05, 0) is 24.3 Å². The lowest BCUT2D eigenvalue weighted by molar-refractivity contribution is 0.270. The number of aliphatic hydroxyl groups is 1. The zero-order chi connectivity index (χ0) is 18.4. The quantitative estimate of drug-likeness (QED) is 0.761. The molecule has 8 heteroatoms. The summed E-state index contributed by atoms with van der Waals surface area (Å²) >= 11 is 0. The molecular weight excluding hydrogens is 322 g/mol. The maximum Gasteiger partial charge on any atom is 0.140 e. The standard InChI is InChI=1S/C17H17N5O3/c1-24-13-3-4-15(25-2)11(8-13)7-12(9-18)16-14(10-19)17(20)22(21-16)5-6-23/h3-4,7-8,23H,5-6,20H2,1-2H3/b12-7-. The smallest absolute Gasteiger partial charge is 0.140 e. The summed E-state index contributed by atoms with van der Waals surface area (Å²) in [6.07, 6.45) is 1.55. The molecule has 0 aliphatic carbocycles. The van der Waals surface area contributed by atoms with E-state index in [4.69, 9.17) is 20.3 Å². The molecule has 128 valence electrons. The van der Waals surface area contributed by atoms with Gasteiger partial charge in [0, 0.05) is 5.56 Å². The number of nitrogens with two attached hydrogens (primary N) is 1. The lowest BCUT2D eigenvalue weighted by atomic mass is 10.1. The highest BCUT2D eigenvalue weighted by Gasteiger charge is 2.19. The number of aliphatic hydroxyl groups excluding tert-OH is 1. The van der Waals surface area contributed by atoms with Crippen LogP contribution in [0, 0.1) is 22.7 Å². The van der Waals surface area contributed by atoms with Crippen LogP contribution in [0.15, 0.2) is 18.2 Å². The van der Waals surface area contributed by atoms with Gasteiger partial charge in [-0.25, -0.2) is 4.68 Å². The first kappa shape index (κ1) is 17.9. The van der Waals surface area contributed by atoms with Crippen molar-refractivity contribution in [2.75, 3.05) is 26.6 Å². The average Bonchev–Trinajstić information content (AvgIpc) is 2.95. The fourth-order valence-electron chi connectivity index (χ4n) is 2.30. The van der Waals surface area contributed by atoms with Crippen molar-refractivity contribution in [1.29, 1.82) is 10.5 Å². The second-order valence-corrected chi connectivity index (χ2v) is 4.95. The Hall–Kier alpha value is -3.49. The van der Waals surface area contributed by atoms with Crippen LogP contribution >= 0.6 is 0 Å². The topological polar surface area (TPSA) is 130 Å². The van der Waals surface area contributed by atoms with E-state index < -0.39 is 0 Å². The van der Waals surface area contributed by atoms with Gasteiger partial charge in [-0.2, -0.15) is 15.6 Å². The third-order valence-electron chi connectivity index (χ3n) is 3.53. The normalized spacial score (nSPS) is 10.8. The molecule has 25 heavy (non-hydrogen) atoms. The maximum atomic E-state index is 9.54. The molecule has 1 aromatic heterocycles. The van der Waals surface area contributed by atoms with Crippen LogP contribution in [0.2, 0.25) is 0 Å². The van der Waals surface area contributed by atoms with E-state index >= 15 is 0 Å². The molecule has 0 fully saturated rings. The van der Waals surface area contributed by atoms with Gasteiger partial charge in [-0.3, -0.25) is 0 Å². The number of benzene rings is 1. The van der Waals surface area contributed by atoms with Crippen molar-refractivity contribution in [2.45, 2.75) is 6.54 Å². The Morgan fingerprint density at radius 2 is 2.12 bits per heavy atom. The third kappa shape index (κ3) is 3.55. The van der Waals surface area contributed by atoms with E-state index in [0.717, 1.165) is 0 Å². The molecule has 0 atom stereocenters. The van der Waals surface area contributed by atoms with Gasteiger partial charge in [-0.15, -0.1) is 0 Å². The zero-order valence-electron chi connectivity index (χ0n) is 13.9. The van der Waals surface area contributed by atoms with Crippen molar-refractivity contribution in [3.8, 4) is 23.6 Å². The molecule has 0 radical (unpaired) electrons. The Morgan fingerprint density at radius 3 is 2.68 bits per heavy atom. The molecule has 8 nitrogen and oxygen atoms in total. The van der Waals surface area contributed by atoms with Crippen LogP contribution in [0.3, 0.4) is 0 Å². The summed E-state index contributed by atoms with van der Waals surface area (Å²) in [4.78, 5) is 0. The van der Waals surface area contributed by atoms with Crippen LogP contribution in [0.5, 0.6) is 11.5 Å². The highest BCUT2D eigenvalue weighted by Crippen LogP contribution is 2.30. The minimum absolute atomic E-state index is 0.0862. The van der Waals surface area contributed by atoms with Crippen molar-refractivity contribution in [3.05, 3.63) is 35.0 Å². The number of aromatic nitrogens is 2. The molecule has 0 amide bonds. The van der Waals surface area contributed by atoms with Gasteiger partial charge in [-0.1, -0.05) is 0 Å². The summed E-state index contributed by atoms with van der Waals surface area (Å²) < 4.78 is 11.8. The molecule has 0 aliphatic heterocycles. The first-order chi connectivity index (χ1) is 12.1. The summed E-state index contributed by atoms with van der Waals surface area (Å²) in [6.45, 7) is -0.0623. The summed E-state index contributed by atoms with van der Waals surface area (Å²) in [5.41, 5.74) is 6.85. The summed E-state index contributed by atoms with van der Waals surface area (Å²) in [5.74, 6) is 1.23. The number of allylic oxidation sites excluding steroid dienone is 1. The predicted molar refractivity (Wildman–Crippen MR) is 91.5 cm³/mol. The SMILES string of the molecule is COc1ccc(OC)c(/C=C(/C#N)c2nn(CCO)c(N)c2C#N)c1. The Kier molecular flexibility index (Phi) is 5.62. The molecule has 2 rings (SSSR count). The monoisotopic (exact) mass is 339 g/mol. The third-order valence-corrected chi connectivity index (χ3v) is 3.53. The van der Waals surface area contributed by atoms with E-state index in [-0.39, 0.29) is 35.8 Å². The predicted octanol–water partition coefficient (Wildman–Crippen LogP) is 1.41. The van der Waals surface area contributed by atoms with Crippen molar-refractivity contribution in [1.82, 2.24) is 9.78 Å². The number of rotatable bonds is 6. The van der Waals surface area contributed by atoms with Crippen LogP contribution in [0.4, 0.5) is 5.82 Å². The van der Waals surface area contributed by atoms with E-state index in [1.807, 2.05) is 12.1 Å². The second kappa shape index (κ2) is 7.86. The molecule has 0 saturated carbocycles. The maximum absolute atomic E-state index is 9.54. The van der Waals surface area contributed by atoms with Crippen molar-refractivity contribution < 1.29 is 14.6 Å². The summed E-state index contributed by atoms with van der Waals surface area (Å²) in [7, 11) is 3.05. The molecule has 0 spiro atoms. The van der Waals surface area contributed by atoms with Gasteiger partial charge in [0.15, 0.2) is 0 Å². The highest BCUT2D eigenvalue weighted by atomic mass is 16.5. The highest BCUT2D eigenvalue weighted by molar-refractivity contribution is 5.92. The second-order valence-electron chi connectivity index (χ2n) is 4.95.